The molecule has 0 amide bonds. The SMILES string of the molecule is CC(C)N1CCC(NC2CCS(=O)(=O)C2)C1. The van der Waals surface area contributed by atoms with E-state index in [9.17, 15) is 8.42 Å². The minimum absolute atomic E-state index is 0.196. The molecule has 0 aromatic carbocycles. The fourth-order valence-corrected chi connectivity index (χ4v) is 4.34. The molecule has 2 fully saturated rings. The van der Waals surface area contributed by atoms with E-state index in [-0.39, 0.29) is 6.04 Å². The Labute approximate surface area is 98.3 Å². The molecular formula is C11H22N2O2S. The Bertz CT molecular complexity index is 340. The quantitative estimate of drug-likeness (QED) is 0.775. The van der Waals surface area contributed by atoms with Gasteiger partial charge in [0, 0.05) is 24.7 Å². The monoisotopic (exact) mass is 246 g/mol. The van der Waals surface area contributed by atoms with Crippen LogP contribution in [-0.4, -0.2) is 56.0 Å². The van der Waals surface area contributed by atoms with Gasteiger partial charge in [0.15, 0.2) is 9.84 Å². The zero-order chi connectivity index (χ0) is 11.8. The van der Waals surface area contributed by atoms with Gasteiger partial charge in [0.25, 0.3) is 0 Å². The molecule has 2 saturated heterocycles. The van der Waals surface area contributed by atoms with Gasteiger partial charge in [-0.25, -0.2) is 8.42 Å². The molecule has 94 valence electrons. The summed E-state index contributed by atoms with van der Waals surface area (Å²) in [4.78, 5) is 2.45. The summed E-state index contributed by atoms with van der Waals surface area (Å²) in [5.41, 5.74) is 0. The topological polar surface area (TPSA) is 49.4 Å². The molecule has 2 rings (SSSR count). The summed E-state index contributed by atoms with van der Waals surface area (Å²) in [7, 11) is -2.74. The molecule has 5 heteroatoms. The fourth-order valence-electron chi connectivity index (χ4n) is 2.65. The minimum Gasteiger partial charge on any atom is -0.309 e. The van der Waals surface area contributed by atoms with Gasteiger partial charge in [0.2, 0.25) is 0 Å². The lowest BCUT2D eigenvalue weighted by atomic mass is 10.2. The van der Waals surface area contributed by atoms with Crippen molar-refractivity contribution < 1.29 is 8.42 Å². The van der Waals surface area contributed by atoms with E-state index >= 15 is 0 Å². The second kappa shape index (κ2) is 4.63. The van der Waals surface area contributed by atoms with Crippen molar-refractivity contribution in [2.75, 3.05) is 24.6 Å². The van der Waals surface area contributed by atoms with Crippen LogP contribution in [0.5, 0.6) is 0 Å². The van der Waals surface area contributed by atoms with E-state index in [1.165, 1.54) is 0 Å². The summed E-state index contributed by atoms with van der Waals surface area (Å²) in [5.74, 6) is 0.705. The van der Waals surface area contributed by atoms with Crippen molar-refractivity contribution in [2.24, 2.45) is 0 Å². The van der Waals surface area contributed by atoms with Gasteiger partial charge in [-0.2, -0.15) is 0 Å². The normalized spacial score (nSPS) is 34.9. The van der Waals surface area contributed by atoms with Crippen LogP contribution in [0.2, 0.25) is 0 Å². The predicted molar refractivity (Wildman–Crippen MR) is 65.3 cm³/mol. The maximum Gasteiger partial charge on any atom is 0.151 e. The second-order valence-corrected chi connectivity index (χ2v) is 7.57. The van der Waals surface area contributed by atoms with Crippen molar-refractivity contribution >= 4 is 9.84 Å². The molecular weight excluding hydrogens is 224 g/mol. The zero-order valence-electron chi connectivity index (χ0n) is 10.1. The van der Waals surface area contributed by atoms with E-state index in [0.29, 0.717) is 23.6 Å². The van der Waals surface area contributed by atoms with Crippen LogP contribution in [0.3, 0.4) is 0 Å². The van der Waals surface area contributed by atoms with E-state index in [1.54, 1.807) is 0 Å². The lowest BCUT2D eigenvalue weighted by Gasteiger charge is -2.22. The zero-order valence-corrected chi connectivity index (χ0v) is 11.0. The Hall–Kier alpha value is -0.130. The molecule has 0 aromatic heterocycles. The van der Waals surface area contributed by atoms with Crippen LogP contribution < -0.4 is 5.32 Å². The number of rotatable bonds is 3. The lowest BCUT2D eigenvalue weighted by Crippen LogP contribution is -2.41. The van der Waals surface area contributed by atoms with E-state index in [2.05, 4.69) is 24.1 Å². The highest BCUT2D eigenvalue weighted by atomic mass is 32.2. The Kier molecular flexibility index (Phi) is 3.56. The molecule has 16 heavy (non-hydrogen) atoms. The Morgan fingerprint density at radius 1 is 1.25 bits per heavy atom. The van der Waals surface area contributed by atoms with Gasteiger partial charge in [-0.3, -0.25) is 4.90 Å². The molecule has 0 aliphatic carbocycles. The number of hydrogen-bond donors (Lipinski definition) is 1. The molecule has 0 spiro atoms. The highest BCUT2D eigenvalue weighted by molar-refractivity contribution is 7.91. The van der Waals surface area contributed by atoms with Crippen molar-refractivity contribution in [1.82, 2.24) is 10.2 Å². The van der Waals surface area contributed by atoms with Crippen LogP contribution in [0.15, 0.2) is 0 Å². The average Bonchev–Trinajstić information content (AvgIpc) is 2.73. The van der Waals surface area contributed by atoms with Gasteiger partial charge in [-0.05, 0) is 33.2 Å². The van der Waals surface area contributed by atoms with Crippen LogP contribution in [0, 0.1) is 0 Å². The summed E-state index contributed by atoms with van der Waals surface area (Å²) in [6.07, 6.45) is 1.94. The van der Waals surface area contributed by atoms with Gasteiger partial charge in [0.1, 0.15) is 0 Å². The van der Waals surface area contributed by atoms with Gasteiger partial charge < -0.3 is 5.32 Å². The van der Waals surface area contributed by atoms with Crippen molar-refractivity contribution in [3.63, 3.8) is 0 Å². The van der Waals surface area contributed by atoms with E-state index < -0.39 is 9.84 Å². The Morgan fingerprint density at radius 2 is 2.00 bits per heavy atom. The average molecular weight is 246 g/mol. The molecule has 0 aromatic rings. The van der Waals surface area contributed by atoms with Crippen LogP contribution >= 0.6 is 0 Å². The van der Waals surface area contributed by atoms with Crippen molar-refractivity contribution in [3.05, 3.63) is 0 Å². The summed E-state index contributed by atoms with van der Waals surface area (Å²) < 4.78 is 22.7. The van der Waals surface area contributed by atoms with Gasteiger partial charge >= 0.3 is 0 Å². The standard InChI is InChI=1S/C11H22N2O2S/c1-9(2)13-5-3-10(7-13)12-11-4-6-16(14,15)8-11/h9-12H,3-8H2,1-2H3. The van der Waals surface area contributed by atoms with E-state index in [1.807, 2.05) is 0 Å². The number of sulfone groups is 1. The third-order valence-electron chi connectivity index (χ3n) is 3.65. The summed E-state index contributed by atoms with van der Waals surface area (Å²) >= 11 is 0. The number of nitrogens with one attached hydrogen (secondary N) is 1. The highest BCUT2D eigenvalue weighted by Crippen LogP contribution is 2.17. The fraction of sp³-hybridized carbons (Fsp3) is 1.00. The number of hydrogen-bond acceptors (Lipinski definition) is 4. The van der Waals surface area contributed by atoms with Gasteiger partial charge in [0.05, 0.1) is 11.5 Å². The Morgan fingerprint density at radius 3 is 2.50 bits per heavy atom. The third-order valence-corrected chi connectivity index (χ3v) is 5.42. The van der Waals surface area contributed by atoms with Gasteiger partial charge in [-0.1, -0.05) is 0 Å². The first-order valence-electron chi connectivity index (χ1n) is 6.17. The summed E-state index contributed by atoms with van der Waals surface area (Å²) in [6.45, 7) is 6.62. The molecule has 0 radical (unpaired) electrons. The summed E-state index contributed by atoms with van der Waals surface area (Å²) in [6, 6.07) is 1.28. The van der Waals surface area contributed by atoms with Crippen molar-refractivity contribution in [2.45, 2.75) is 44.8 Å². The van der Waals surface area contributed by atoms with Crippen LogP contribution in [-0.2, 0) is 9.84 Å². The molecule has 2 aliphatic rings. The highest BCUT2D eigenvalue weighted by Gasteiger charge is 2.31. The van der Waals surface area contributed by atoms with Crippen molar-refractivity contribution in [1.29, 1.82) is 0 Å². The number of likely N-dealkylation sites (tertiary alicyclic amines) is 1. The molecule has 2 heterocycles. The maximum atomic E-state index is 11.3. The van der Waals surface area contributed by atoms with Crippen LogP contribution in [0.1, 0.15) is 26.7 Å². The largest absolute Gasteiger partial charge is 0.309 e. The second-order valence-electron chi connectivity index (χ2n) is 5.34. The van der Waals surface area contributed by atoms with E-state index in [0.717, 1.165) is 25.9 Å². The smallest absolute Gasteiger partial charge is 0.151 e. The van der Waals surface area contributed by atoms with Gasteiger partial charge in [-0.15, -0.1) is 0 Å². The first kappa shape index (κ1) is 12.3. The first-order valence-corrected chi connectivity index (χ1v) is 7.99. The Balaban J connectivity index is 1.80. The van der Waals surface area contributed by atoms with Crippen molar-refractivity contribution in [3.8, 4) is 0 Å². The molecule has 4 nitrogen and oxygen atoms in total. The molecule has 2 atom stereocenters. The van der Waals surface area contributed by atoms with Crippen LogP contribution in [0.25, 0.3) is 0 Å². The predicted octanol–water partition coefficient (Wildman–Crippen LogP) is 0.246. The molecule has 1 N–H and O–H groups in total. The summed E-state index contributed by atoms with van der Waals surface area (Å²) in [5, 5.41) is 3.50. The molecule has 2 unspecified atom stereocenters. The number of nitrogens with zero attached hydrogens (tertiary/aromatic N) is 1. The van der Waals surface area contributed by atoms with Crippen LogP contribution in [0.4, 0.5) is 0 Å². The third kappa shape index (κ3) is 2.96. The van der Waals surface area contributed by atoms with E-state index in [4.69, 9.17) is 0 Å². The molecule has 0 bridgehead atoms. The minimum atomic E-state index is -2.74. The molecule has 2 aliphatic heterocycles. The molecule has 0 saturated carbocycles. The first-order chi connectivity index (χ1) is 7.46. The maximum absolute atomic E-state index is 11.3. The lowest BCUT2D eigenvalue weighted by molar-refractivity contribution is 0.266.